The summed E-state index contributed by atoms with van der Waals surface area (Å²) in [5.74, 6) is 1.39. The zero-order chi connectivity index (χ0) is 16.0. The Labute approximate surface area is 134 Å². The lowest BCUT2D eigenvalue weighted by molar-refractivity contribution is 0.196. The van der Waals surface area contributed by atoms with E-state index in [1.165, 1.54) is 44.1 Å². The zero-order valence-corrected chi connectivity index (χ0v) is 14.1. The van der Waals surface area contributed by atoms with Gasteiger partial charge in [-0.2, -0.15) is 0 Å². The Balaban J connectivity index is 2.25. The van der Waals surface area contributed by atoms with Crippen molar-refractivity contribution in [3.8, 4) is 11.5 Å². The van der Waals surface area contributed by atoms with E-state index in [4.69, 9.17) is 14.6 Å². The summed E-state index contributed by atoms with van der Waals surface area (Å²) in [6, 6.07) is 5.92. The van der Waals surface area contributed by atoms with Gasteiger partial charge in [0.1, 0.15) is 6.61 Å². The second-order valence-electron chi connectivity index (χ2n) is 5.50. The third kappa shape index (κ3) is 7.66. The molecule has 0 aliphatic rings. The van der Waals surface area contributed by atoms with Crippen molar-refractivity contribution in [2.24, 2.45) is 0 Å². The van der Waals surface area contributed by atoms with E-state index in [0.717, 1.165) is 13.1 Å². The molecule has 0 saturated carbocycles. The molecule has 0 atom stereocenters. The lowest BCUT2D eigenvalue weighted by Crippen LogP contribution is -2.14. The lowest BCUT2D eigenvalue weighted by atomic mass is 10.1. The smallest absolute Gasteiger partial charge is 0.161 e. The summed E-state index contributed by atoms with van der Waals surface area (Å²) in [7, 11) is 1.63. The molecular formula is C18H31NO3. The highest BCUT2D eigenvalue weighted by Gasteiger charge is 2.05. The minimum absolute atomic E-state index is 0.00468. The van der Waals surface area contributed by atoms with Crippen molar-refractivity contribution in [1.29, 1.82) is 0 Å². The van der Waals surface area contributed by atoms with E-state index in [1.54, 1.807) is 7.11 Å². The van der Waals surface area contributed by atoms with E-state index in [-0.39, 0.29) is 13.2 Å². The molecule has 0 heterocycles. The van der Waals surface area contributed by atoms with Crippen LogP contribution < -0.4 is 14.8 Å². The van der Waals surface area contributed by atoms with Crippen LogP contribution in [0, 0.1) is 0 Å². The predicted molar refractivity (Wildman–Crippen MR) is 90.7 cm³/mol. The number of benzene rings is 1. The quantitative estimate of drug-likeness (QED) is 0.547. The number of aliphatic hydroxyl groups excluding tert-OH is 1. The Hall–Kier alpha value is -1.26. The molecule has 2 N–H and O–H groups in total. The molecule has 0 unspecified atom stereocenters. The van der Waals surface area contributed by atoms with Gasteiger partial charge in [-0.1, -0.05) is 45.1 Å². The molecule has 4 nitrogen and oxygen atoms in total. The van der Waals surface area contributed by atoms with Gasteiger partial charge < -0.3 is 19.9 Å². The Bertz CT molecular complexity index is 396. The standard InChI is InChI=1S/C18H31NO3/c1-3-4-5-6-7-8-11-19-15-16-9-10-17(22-13-12-20)18(14-16)21-2/h9-10,14,19-20H,3-8,11-13,15H2,1-2H3. The van der Waals surface area contributed by atoms with Gasteiger partial charge in [0.05, 0.1) is 13.7 Å². The minimum atomic E-state index is 0.00468. The van der Waals surface area contributed by atoms with E-state index >= 15 is 0 Å². The van der Waals surface area contributed by atoms with Gasteiger partial charge in [0.2, 0.25) is 0 Å². The van der Waals surface area contributed by atoms with Crippen molar-refractivity contribution >= 4 is 0 Å². The molecule has 0 bridgehead atoms. The number of unbranched alkanes of at least 4 members (excludes halogenated alkanes) is 5. The summed E-state index contributed by atoms with van der Waals surface area (Å²) in [5, 5.41) is 12.3. The Morgan fingerprint density at radius 2 is 1.82 bits per heavy atom. The van der Waals surface area contributed by atoms with Crippen molar-refractivity contribution in [1.82, 2.24) is 5.32 Å². The van der Waals surface area contributed by atoms with Crippen LogP contribution in [0.1, 0.15) is 51.0 Å². The average molecular weight is 309 g/mol. The van der Waals surface area contributed by atoms with Gasteiger partial charge in [0.25, 0.3) is 0 Å². The van der Waals surface area contributed by atoms with Gasteiger partial charge in [0.15, 0.2) is 11.5 Å². The van der Waals surface area contributed by atoms with Gasteiger partial charge in [-0.25, -0.2) is 0 Å². The number of ether oxygens (including phenoxy) is 2. The maximum absolute atomic E-state index is 8.80. The van der Waals surface area contributed by atoms with E-state index in [0.29, 0.717) is 11.5 Å². The fourth-order valence-corrected chi connectivity index (χ4v) is 2.36. The summed E-state index contributed by atoms with van der Waals surface area (Å²) in [5.41, 5.74) is 1.18. The fraction of sp³-hybridized carbons (Fsp3) is 0.667. The maximum atomic E-state index is 8.80. The van der Waals surface area contributed by atoms with Crippen LogP contribution >= 0.6 is 0 Å². The van der Waals surface area contributed by atoms with Crippen LogP contribution in [-0.4, -0.2) is 32.0 Å². The summed E-state index contributed by atoms with van der Waals surface area (Å²) >= 11 is 0. The summed E-state index contributed by atoms with van der Waals surface area (Å²) in [6.45, 7) is 4.43. The van der Waals surface area contributed by atoms with Crippen LogP contribution in [0.5, 0.6) is 11.5 Å². The Kier molecular flexibility index (Phi) is 10.5. The second kappa shape index (κ2) is 12.3. The monoisotopic (exact) mass is 309 g/mol. The first-order valence-electron chi connectivity index (χ1n) is 8.43. The van der Waals surface area contributed by atoms with Crippen LogP contribution in [0.4, 0.5) is 0 Å². The minimum Gasteiger partial charge on any atom is -0.493 e. The van der Waals surface area contributed by atoms with Gasteiger partial charge >= 0.3 is 0 Å². The SMILES string of the molecule is CCCCCCCCNCc1ccc(OCCO)c(OC)c1. The maximum Gasteiger partial charge on any atom is 0.161 e. The molecule has 1 aromatic carbocycles. The normalized spacial score (nSPS) is 10.7. The van der Waals surface area contributed by atoms with Crippen LogP contribution in [0.25, 0.3) is 0 Å². The zero-order valence-electron chi connectivity index (χ0n) is 14.1. The van der Waals surface area contributed by atoms with Crippen LogP contribution in [0.2, 0.25) is 0 Å². The molecule has 22 heavy (non-hydrogen) atoms. The molecule has 126 valence electrons. The fourth-order valence-electron chi connectivity index (χ4n) is 2.36. The predicted octanol–water partition coefficient (Wildman–Crippen LogP) is 3.52. The summed E-state index contributed by atoms with van der Waals surface area (Å²) in [4.78, 5) is 0. The summed E-state index contributed by atoms with van der Waals surface area (Å²) in [6.07, 6.45) is 7.92. The number of rotatable bonds is 13. The van der Waals surface area contributed by atoms with E-state index < -0.39 is 0 Å². The topological polar surface area (TPSA) is 50.7 Å². The Morgan fingerprint density at radius 3 is 2.55 bits per heavy atom. The van der Waals surface area contributed by atoms with Crippen LogP contribution in [-0.2, 0) is 6.54 Å². The van der Waals surface area contributed by atoms with Gasteiger partial charge in [-0.15, -0.1) is 0 Å². The first-order valence-corrected chi connectivity index (χ1v) is 8.43. The van der Waals surface area contributed by atoms with Crippen LogP contribution in [0.3, 0.4) is 0 Å². The van der Waals surface area contributed by atoms with Gasteiger partial charge in [0, 0.05) is 6.54 Å². The number of hydrogen-bond donors (Lipinski definition) is 2. The van der Waals surface area contributed by atoms with Crippen molar-refractivity contribution in [2.45, 2.75) is 52.0 Å². The van der Waals surface area contributed by atoms with E-state index in [1.807, 2.05) is 18.2 Å². The lowest BCUT2D eigenvalue weighted by Gasteiger charge is -2.12. The molecular weight excluding hydrogens is 278 g/mol. The molecule has 4 heteroatoms. The molecule has 1 rings (SSSR count). The third-order valence-electron chi connectivity index (χ3n) is 3.61. The van der Waals surface area contributed by atoms with Crippen molar-refractivity contribution in [3.63, 3.8) is 0 Å². The molecule has 1 aromatic rings. The molecule has 0 aromatic heterocycles. The number of hydrogen-bond acceptors (Lipinski definition) is 4. The molecule has 0 fully saturated rings. The van der Waals surface area contributed by atoms with Gasteiger partial charge in [-0.3, -0.25) is 0 Å². The first kappa shape index (κ1) is 18.8. The second-order valence-corrected chi connectivity index (χ2v) is 5.50. The molecule has 0 radical (unpaired) electrons. The first-order chi connectivity index (χ1) is 10.8. The summed E-state index contributed by atoms with van der Waals surface area (Å²) < 4.78 is 10.8. The van der Waals surface area contributed by atoms with Crippen molar-refractivity contribution in [3.05, 3.63) is 23.8 Å². The largest absolute Gasteiger partial charge is 0.493 e. The van der Waals surface area contributed by atoms with Crippen molar-refractivity contribution in [2.75, 3.05) is 26.9 Å². The van der Waals surface area contributed by atoms with Crippen LogP contribution in [0.15, 0.2) is 18.2 Å². The Morgan fingerprint density at radius 1 is 1.05 bits per heavy atom. The molecule has 0 spiro atoms. The van der Waals surface area contributed by atoms with Crippen molar-refractivity contribution < 1.29 is 14.6 Å². The number of methoxy groups -OCH3 is 1. The number of nitrogens with one attached hydrogen (secondary N) is 1. The third-order valence-corrected chi connectivity index (χ3v) is 3.61. The molecule has 0 aliphatic carbocycles. The highest BCUT2D eigenvalue weighted by atomic mass is 16.5. The average Bonchev–Trinajstić information content (AvgIpc) is 2.55. The highest BCUT2D eigenvalue weighted by molar-refractivity contribution is 5.42. The molecule has 0 amide bonds. The number of aliphatic hydroxyl groups is 1. The van der Waals surface area contributed by atoms with E-state index in [2.05, 4.69) is 12.2 Å². The molecule has 0 aliphatic heterocycles. The highest BCUT2D eigenvalue weighted by Crippen LogP contribution is 2.27. The molecule has 0 saturated heterocycles. The van der Waals surface area contributed by atoms with Gasteiger partial charge in [-0.05, 0) is 30.7 Å². The van der Waals surface area contributed by atoms with E-state index in [9.17, 15) is 0 Å².